The van der Waals surface area contributed by atoms with E-state index in [0.717, 1.165) is 28.4 Å². The fourth-order valence-corrected chi connectivity index (χ4v) is 9.34. The zero-order valence-electron chi connectivity index (χ0n) is 38.6. The first-order chi connectivity index (χ1) is 32.8. The highest BCUT2D eigenvalue weighted by Crippen LogP contribution is 2.51. The lowest BCUT2D eigenvalue weighted by Crippen LogP contribution is -2.16. The average Bonchev–Trinajstić information content (AvgIpc) is 3.61. The molecule has 0 saturated carbocycles. The van der Waals surface area contributed by atoms with Crippen LogP contribution in [0.5, 0.6) is 0 Å². The van der Waals surface area contributed by atoms with Crippen LogP contribution in [0.25, 0.3) is 55.6 Å². The van der Waals surface area contributed by atoms with E-state index in [2.05, 4.69) is 274 Å². The van der Waals surface area contributed by atoms with Crippen LogP contribution in [-0.4, -0.2) is 0 Å². The van der Waals surface area contributed by atoms with Gasteiger partial charge in [0, 0.05) is 33.9 Å². The van der Waals surface area contributed by atoms with Crippen molar-refractivity contribution in [2.75, 3.05) is 10.2 Å². The monoisotopic (exact) mass is 862 g/mol. The van der Waals surface area contributed by atoms with Gasteiger partial charge in [0.2, 0.25) is 0 Å². The third-order valence-electron chi connectivity index (χ3n) is 13.1. The summed E-state index contributed by atoms with van der Waals surface area (Å²) in [5.74, 6) is 0. The number of fused-ring (bicyclic) bond motifs is 3. The van der Waals surface area contributed by atoms with Crippen LogP contribution in [0, 0.1) is 13.8 Å². The standard InChI is InChI=1S/C47H40N2.C18H14/c1-32-13-19-38(20-14-32)48-39-21-27-43-44-28-26-42(31-46(44)47(3,4)45(43)30-39)49(40-22-15-33(2)16-23-40)41-24-17-35(18-25-41)37-12-8-11-36(29-37)34-9-6-5-7-10-34;1-3-8-15(9-4-1)17-12-7-13-18(14-17)16-10-5-2-6-11-16/h5-31,48H,1-4H3;1-14H. The van der Waals surface area contributed by atoms with Crippen molar-refractivity contribution < 1.29 is 0 Å². The Kier molecular flexibility index (Phi) is 11.9. The molecule has 67 heavy (non-hydrogen) atoms. The number of nitrogens with one attached hydrogen (secondary N) is 1. The van der Waals surface area contributed by atoms with Gasteiger partial charge in [-0.15, -0.1) is 0 Å². The summed E-state index contributed by atoms with van der Waals surface area (Å²) in [5.41, 5.74) is 23.2. The molecule has 0 amide bonds. The molecule has 324 valence electrons. The SMILES string of the molecule is Cc1ccc(Nc2ccc3c(c2)C(C)(C)c2cc(N(c4ccc(C)cc4)c4ccc(-c5cccc(-c6ccccc6)c5)cc4)ccc2-3)cc1.c1ccc(-c2cccc(-c3ccccc3)c2)cc1. The predicted octanol–water partition coefficient (Wildman–Crippen LogP) is 18.2. The van der Waals surface area contributed by atoms with Crippen molar-refractivity contribution in [3.63, 3.8) is 0 Å². The van der Waals surface area contributed by atoms with Gasteiger partial charge in [0.1, 0.15) is 0 Å². The second-order valence-electron chi connectivity index (χ2n) is 18.1. The van der Waals surface area contributed by atoms with Crippen LogP contribution in [-0.2, 0) is 5.41 Å². The highest BCUT2D eigenvalue weighted by molar-refractivity contribution is 5.87. The number of rotatable bonds is 9. The molecule has 0 spiro atoms. The Morgan fingerprint density at radius 3 is 1.13 bits per heavy atom. The first kappa shape index (κ1) is 42.7. The largest absolute Gasteiger partial charge is 0.356 e. The highest BCUT2D eigenvalue weighted by atomic mass is 15.1. The van der Waals surface area contributed by atoms with Gasteiger partial charge in [0.15, 0.2) is 0 Å². The minimum absolute atomic E-state index is 0.155. The number of hydrogen-bond donors (Lipinski definition) is 1. The molecule has 0 bridgehead atoms. The Morgan fingerprint density at radius 1 is 0.299 bits per heavy atom. The lowest BCUT2D eigenvalue weighted by Gasteiger charge is -2.28. The van der Waals surface area contributed by atoms with E-state index >= 15 is 0 Å². The molecule has 0 saturated heterocycles. The zero-order valence-corrected chi connectivity index (χ0v) is 38.6. The lowest BCUT2D eigenvalue weighted by molar-refractivity contribution is 0.660. The summed E-state index contributed by atoms with van der Waals surface area (Å²) in [4.78, 5) is 2.38. The summed E-state index contributed by atoms with van der Waals surface area (Å²) in [6.07, 6.45) is 0. The minimum atomic E-state index is -0.155. The maximum atomic E-state index is 3.62. The Hall–Kier alpha value is -8.20. The second kappa shape index (κ2) is 18.7. The maximum absolute atomic E-state index is 3.62. The number of benzene rings is 10. The second-order valence-corrected chi connectivity index (χ2v) is 18.1. The van der Waals surface area contributed by atoms with Gasteiger partial charge in [0.25, 0.3) is 0 Å². The van der Waals surface area contributed by atoms with Crippen molar-refractivity contribution in [3.8, 4) is 55.6 Å². The molecule has 2 nitrogen and oxygen atoms in total. The number of nitrogens with zero attached hydrogens (tertiary/aromatic N) is 1. The van der Waals surface area contributed by atoms with Crippen LogP contribution in [0.4, 0.5) is 28.4 Å². The van der Waals surface area contributed by atoms with Gasteiger partial charge in [-0.25, -0.2) is 0 Å². The van der Waals surface area contributed by atoms with E-state index < -0.39 is 0 Å². The Morgan fingerprint density at radius 2 is 0.657 bits per heavy atom. The first-order valence-corrected chi connectivity index (χ1v) is 23.2. The molecule has 11 rings (SSSR count). The van der Waals surface area contributed by atoms with Gasteiger partial charge in [-0.1, -0.05) is 201 Å². The maximum Gasteiger partial charge on any atom is 0.0465 e. The summed E-state index contributed by atoms with van der Waals surface area (Å²) in [5, 5.41) is 3.62. The van der Waals surface area contributed by atoms with E-state index in [1.165, 1.54) is 77.9 Å². The molecule has 0 fully saturated rings. The van der Waals surface area contributed by atoms with Gasteiger partial charge in [-0.3, -0.25) is 0 Å². The van der Waals surface area contributed by atoms with E-state index in [1.54, 1.807) is 0 Å². The fraction of sp³-hybridized carbons (Fsp3) is 0.0769. The quantitative estimate of drug-likeness (QED) is 0.156. The summed E-state index contributed by atoms with van der Waals surface area (Å²) in [6, 6.07) is 89.2. The molecule has 0 aromatic heterocycles. The summed E-state index contributed by atoms with van der Waals surface area (Å²) in [7, 11) is 0. The van der Waals surface area contributed by atoms with E-state index in [1.807, 2.05) is 12.1 Å². The number of anilines is 5. The fourth-order valence-electron chi connectivity index (χ4n) is 9.34. The van der Waals surface area contributed by atoms with Crippen molar-refractivity contribution in [2.24, 2.45) is 0 Å². The van der Waals surface area contributed by atoms with Gasteiger partial charge in [-0.2, -0.15) is 0 Å². The molecular weight excluding hydrogens is 809 g/mol. The Balaban J connectivity index is 0.000000243. The summed E-state index contributed by atoms with van der Waals surface area (Å²) in [6.45, 7) is 8.97. The van der Waals surface area contributed by atoms with Gasteiger partial charge in [-0.05, 0) is 153 Å². The van der Waals surface area contributed by atoms with Crippen molar-refractivity contribution in [2.45, 2.75) is 33.1 Å². The van der Waals surface area contributed by atoms with Crippen molar-refractivity contribution in [1.29, 1.82) is 0 Å². The molecule has 10 aromatic carbocycles. The highest BCUT2D eigenvalue weighted by Gasteiger charge is 2.36. The van der Waals surface area contributed by atoms with Crippen LogP contribution >= 0.6 is 0 Å². The summed E-state index contributed by atoms with van der Waals surface area (Å²) < 4.78 is 0. The number of aryl methyl sites for hydroxylation is 2. The predicted molar refractivity (Wildman–Crippen MR) is 286 cm³/mol. The van der Waals surface area contributed by atoms with Crippen LogP contribution < -0.4 is 10.2 Å². The third-order valence-corrected chi connectivity index (χ3v) is 13.1. The lowest BCUT2D eigenvalue weighted by atomic mass is 9.82. The average molecular weight is 863 g/mol. The smallest absolute Gasteiger partial charge is 0.0465 e. The molecule has 1 aliphatic rings. The molecule has 10 aromatic rings. The normalized spacial score (nSPS) is 12.0. The number of hydrogen-bond acceptors (Lipinski definition) is 2. The van der Waals surface area contributed by atoms with Crippen molar-refractivity contribution >= 4 is 28.4 Å². The van der Waals surface area contributed by atoms with E-state index in [4.69, 9.17) is 0 Å². The molecular formula is C65H54N2. The van der Waals surface area contributed by atoms with Crippen LogP contribution in [0.1, 0.15) is 36.1 Å². The molecule has 0 heterocycles. The van der Waals surface area contributed by atoms with Crippen LogP contribution in [0.15, 0.2) is 249 Å². The van der Waals surface area contributed by atoms with Gasteiger partial charge in [0.05, 0.1) is 0 Å². The third kappa shape index (κ3) is 9.21. The Bertz CT molecular complexity index is 3210. The molecule has 2 heteroatoms. The van der Waals surface area contributed by atoms with Crippen molar-refractivity contribution in [3.05, 3.63) is 271 Å². The van der Waals surface area contributed by atoms with Crippen molar-refractivity contribution in [1.82, 2.24) is 0 Å². The summed E-state index contributed by atoms with van der Waals surface area (Å²) >= 11 is 0. The zero-order chi connectivity index (χ0) is 45.7. The minimum Gasteiger partial charge on any atom is -0.356 e. The topological polar surface area (TPSA) is 15.3 Å². The molecule has 0 radical (unpaired) electrons. The molecule has 0 unspecified atom stereocenters. The van der Waals surface area contributed by atoms with Crippen LogP contribution in [0.2, 0.25) is 0 Å². The van der Waals surface area contributed by atoms with E-state index in [-0.39, 0.29) is 5.41 Å². The Labute approximate surface area is 396 Å². The first-order valence-electron chi connectivity index (χ1n) is 23.2. The molecule has 0 atom stereocenters. The molecule has 1 N–H and O–H groups in total. The molecule has 1 aliphatic carbocycles. The van der Waals surface area contributed by atoms with Gasteiger partial charge >= 0.3 is 0 Å². The molecule has 0 aliphatic heterocycles. The van der Waals surface area contributed by atoms with E-state index in [9.17, 15) is 0 Å². The van der Waals surface area contributed by atoms with E-state index in [0.29, 0.717) is 0 Å². The van der Waals surface area contributed by atoms with Gasteiger partial charge < -0.3 is 10.2 Å². The van der Waals surface area contributed by atoms with Crippen LogP contribution in [0.3, 0.4) is 0 Å².